The van der Waals surface area contributed by atoms with E-state index in [1.54, 1.807) is 12.1 Å². The molecule has 0 atom stereocenters. The minimum Gasteiger partial charge on any atom is -0.468 e. The van der Waals surface area contributed by atoms with E-state index in [9.17, 15) is 13.2 Å². The number of H-pyrrole nitrogens is 1. The number of aromatic amines is 1. The van der Waals surface area contributed by atoms with Gasteiger partial charge in [0.1, 0.15) is 5.76 Å². The Morgan fingerprint density at radius 3 is 2.85 bits per heavy atom. The third kappa shape index (κ3) is 2.38. The van der Waals surface area contributed by atoms with Crippen molar-refractivity contribution in [3.63, 3.8) is 0 Å². The highest BCUT2D eigenvalue weighted by Gasteiger charge is 2.16. The molecule has 0 saturated heterocycles. The predicted octanol–water partition coefficient (Wildman–Crippen LogP) is 1.19. The van der Waals surface area contributed by atoms with Crippen LogP contribution in [0.15, 0.2) is 55.1 Å². The van der Waals surface area contributed by atoms with Gasteiger partial charge < -0.3 is 8.83 Å². The van der Waals surface area contributed by atoms with Gasteiger partial charge in [-0.1, -0.05) is 0 Å². The van der Waals surface area contributed by atoms with Gasteiger partial charge >= 0.3 is 5.76 Å². The average molecular weight is 294 g/mol. The second kappa shape index (κ2) is 4.66. The summed E-state index contributed by atoms with van der Waals surface area (Å²) in [7, 11) is -3.69. The van der Waals surface area contributed by atoms with E-state index in [-0.39, 0.29) is 11.4 Å². The molecule has 0 amide bonds. The molecule has 3 aromatic rings. The smallest absolute Gasteiger partial charge is 0.417 e. The Morgan fingerprint density at radius 2 is 2.10 bits per heavy atom. The highest BCUT2D eigenvalue weighted by molar-refractivity contribution is 7.89. The molecule has 20 heavy (non-hydrogen) atoms. The zero-order valence-corrected chi connectivity index (χ0v) is 10.9. The van der Waals surface area contributed by atoms with Crippen LogP contribution in [0, 0.1) is 0 Å². The van der Waals surface area contributed by atoms with Crippen molar-refractivity contribution in [3.05, 3.63) is 52.9 Å². The number of benzene rings is 1. The molecule has 8 heteroatoms. The Morgan fingerprint density at radius 1 is 1.25 bits per heavy atom. The molecule has 2 heterocycles. The first-order chi connectivity index (χ1) is 9.54. The van der Waals surface area contributed by atoms with E-state index in [0.717, 1.165) is 0 Å². The number of hydrogen-bond acceptors (Lipinski definition) is 5. The van der Waals surface area contributed by atoms with Crippen molar-refractivity contribution in [2.75, 3.05) is 0 Å². The first-order valence-electron chi connectivity index (χ1n) is 5.69. The van der Waals surface area contributed by atoms with Crippen LogP contribution in [0.5, 0.6) is 0 Å². The highest BCUT2D eigenvalue weighted by atomic mass is 32.2. The lowest BCUT2D eigenvalue weighted by atomic mass is 10.3. The molecular formula is C12H10N2O5S. The molecule has 2 N–H and O–H groups in total. The largest absolute Gasteiger partial charge is 0.468 e. The molecule has 0 fully saturated rings. The van der Waals surface area contributed by atoms with Crippen molar-refractivity contribution >= 4 is 21.1 Å². The van der Waals surface area contributed by atoms with Gasteiger partial charge in [-0.2, -0.15) is 0 Å². The molecule has 0 saturated carbocycles. The van der Waals surface area contributed by atoms with Gasteiger partial charge in [0, 0.05) is 0 Å². The van der Waals surface area contributed by atoms with Gasteiger partial charge in [-0.15, -0.1) is 0 Å². The summed E-state index contributed by atoms with van der Waals surface area (Å²) in [4.78, 5) is 13.5. The maximum atomic E-state index is 12.1. The van der Waals surface area contributed by atoms with Gasteiger partial charge in [-0.3, -0.25) is 4.98 Å². The number of rotatable bonds is 4. The normalized spacial score (nSPS) is 12.0. The van der Waals surface area contributed by atoms with E-state index in [1.807, 2.05) is 0 Å². The molecular weight excluding hydrogens is 284 g/mol. The predicted molar refractivity (Wildman–Crippen MR) is 69.6 cm³/mol. The third-order valence-electron chi connectivity index (χ3n) is 2.72. The Labute approximate surface area is 113 Å². The molecule has 0 radical (unpaired) electrons. The maximum Gasteiger partial charge on any atom is 0.417 e. The summed E-state index contributed by atoms with van der Waals surface area (Å²) in [5, 5.41) is 0. The number of sulfonamides is 1. The van der Waals surface area contributed by atoms with Gasteiger partial charge in [0.15, 0.2) is 5.58 Å². The minimum absolute atomic E-state index is 0.0357. The van der Waals surface area contributed by atoms with Crippen molar-refractivity contribution in [2.45, 2.75) is 11.4 Å². The fraction of sp³-hybridized carbons (Fsp3) is 0.0833. The van der Waals surface area contributed by atoms with Crippen molar-refractivity contribution < 1.29 is 17.3 Å². The van der Waals surface area contributed by atoms with Crippen LogP contribution in [0.25, 0.3) is 11.1 Å². The molecule has 3 rings (SSSR count). The zero-order chi connectivity index (χ0) is 14.2. The fourth-order valence-electron chi connectivity index (χ4n) is 1.76. The van der Waals surface area contributed by atoms with Gasteiger partial charge in [0.25, 0.3) is 0 Å². The van der Waals surface area contributed by atoms with Crippen LogP contribution in [0.2, 0.25) is 0 Å². The lowest BCUT2D eigenvalue weighted by Crippen LogP contribution is -2.22. The summed E-state index contributed by atoms with van der Waals surface area (Å²) in [6.07, 6.45) is 1.46. The second-order valence-electron chi connectivity index (χ2n) is 4.08. The molecule has 1 aromatic carbocycles. The number of furan rings is 1. The number of hydrogen-bond donors (Lipinski definition) is 2. The molecule has 0 aliphatic carbocycles. The highest BCUT2D eigenvalue weighted by Crippen LogP contribution is 2.16. The molecule has 0 aliphatic rings. The molecule has 0 bridgehead atoms. The monoisotopic (exact) mass is 294 g/mol. The van der Waals surface area contributed by atoms with E-state index in [2.05, 4.69) is 9.71 Å². The Hall–Kier alpha value is -2.32. The summed E-state index contributed by atoms with van der Waals surface area (Å²) in [6, 6.07) is 7.47. The van der Waals surface area contributed by atoms with Gasteiger partial charge in [-0.25, -0.2) is 17.9 Å². The van der Waals surface area contributed by atoms with Gasteiger partial charge in [0.2, 0.25) is 10.0 Å². The average Bonchev–Trinajstić information content (AvgIpc) is 3.03. The summed E-state index contributed by atoms with van der Waals surface area (Å²) in [6.45, 7) is 0.0509. The van der Waals surface area contributed by atoms with E-state index < -0.39 is 15.8 Å². The number of aromatic nitrogens is 1. The van der Waals surface area contributed by atoms with Crippen LogP contribution >= 0.6 is 0 Å². The quantitative estimate of drug-likeness (QED) is 0.752. The Bertz CT molecular complexity index is 889. The summed E-state index contributed by atoms with van der Waals surface area (Å²) < 4.78 is 36.5. The van der Waals surface area contributed by atoms with Crippen LogP contribution in [0.3, 0.4) is 0 Å². The van der Waals surface area contributed by atoms with E-state index in [1.165, 1.54) is 24.5 Å². The van der Waals surface area contributed by atoms with Crippen molar-refractivity contribution in [3.8, 4) is 0 Å². The molecule has 0 unspecified atom stereocenters. The number of fused-ring (bicyclic) bond motifs is 1. The SMILES string of the molecule is O=c1[nH]c2cc(S(=O)(=O)NCc3ccco3)ccc2o1. The lowest BCUT2D eigenvalue weighted by Gasteiger charge is -2.04. The van der Waals surface area contributed by atoms with E-state index in [0.29, 0.717) is 16.9 Å². The summed E-state index contributed by atoms with van der Waals surface area (Å²) in [5.74, 6) is -0.121. The summed E-state index contributed by atoms with van der Waals surface area (Å²) in [5.41, 5.74) is 0.635. The third-order valence-corrected chi connectivity index (χ3v) is 4.12. The van der Waals surface area contributed by atoms with Crippen LogP contribution in [-0.2, 0) is 16.6 Å². The van der Waals surface area contributed by atoms with Crippen LogP contribution in [0.4, 0.5) is 0 Å². The Balaban J connectivity index is 1.90. The Kier molecular flexibility index (Phi) is 2.96. The molecule has 0 spiro atoms. The number of nitrogens with one attached hydrogen (secondary N) is 2. The van der Waals surface area contributed by atoms with Crippen molar-refractivity contribution in [2.24, 2.45) is 0 Å². The molecule has 0 aliphatic heterocycles. The van der Waals surface area contributed by atoms with Crippen molar-refractivity contribution in [1.29, 1.82) is 0 Å². The topological polar surface area (TPSA) is 105 Å². The van der Waals surface area contributed by atoms with E-state index >= 15 is 0 Å². The standard InChI is InChI=1S/C12H10N2O5S/c15-12-14-10-6-9(3-4-11(10)19-12)20(16,17)13-7-8-2-1-5-18-8/h1-6,13H,7H2,(H,14,15). The van der Waals surface area contributed by atoms with Crippen molar-refractivity contribution in [1.82, 2.24) is 9.71 Å². The van der Waals surface area contributed by atoms with Crippen LogP contribution < -0.4 is 10.5 Å². The first-order valence-corrected chi connectivity index (χ1v) is 7.18. The van der Waals surface area contributed by atoms with Crippen LogP contribution in [0.1, 0.15) is 5.76 Å². The zero-order valence-electron chi connectivity index (χ0n) is 10.1. The van der Waals surface area contributed by atoms with Gasteiger partial charge in [-0.05, 0) is 30.3 Å². The number of oxazole rings is 1. The molecule has 104 valence electrons. The van der Waals surface area contributed by atoms with E-state index in [4.69, 9.17) is 8.83 Å². The molecule has 7 nitrogen and oxygen atoms in total. The van der Waals surface area contributed by atoms with Gasteiger partial charge in [0.05, 0.1) is 23.2 Å². The second-order valence-corrected chi connectivity index (χ2v) is 5.84. The molecule has 2 aromatic heterocycles. The maximum absolute atomic E-state index is 12.1. The minimum atomic E-state index is -3.69. The summed E-state index contributed by atoms with van der Waals surface area (Å²) >= 11 is 0. The lowest BCUT2D eigenvalue weighted by molar-refractivity contribution is 0.498. The fourth-order valence-corrected chi connectivity index (χ4v) is 2.78. The van der Waals surface area contributed by atoms with Crippen LogP contribution in [-0.4, -0.2) is 13.4 Å². The first kappa shape index (κ1) is 12.7.